The van der Waals surface area contributed by atoms with Gasteiger partial charge in [-0.2, -0.15) is 0 Å². The van der Waals surface area contributed by atoms with Crippen LogP contribution in [-0.4, -0.2) is 41.7 Å². The van der Waals surface area contributed by atoms with Crippen LogP contribution in [0, 0.1) is 6.92 Å². The van der Waals surface area contributed by atoms with Crippen LogP contribution in [0.1, 0.15) is 16.1 Å². The third-order valence-corrected chi connectivity index (χ3v) is 2.35. The molecule has 1 aromatic heterocycles. The first kappa shape index (κ1) is 14.4. The van der Waals surface area contributed by atoms with Crippen molar-refractivity contribution in [1.82, 2.24) is 10.3 Å². The van der Waals surface area contributed by atoms with Crippen molar-refractivity contribution in [2.45, 2.75) is 13.0 Å². The molecule has 98 valence electrons. The Labute approximate surface area is 109 Å². The molecule has 0 bridgehead atoms. The van der Waals surface area contributed by atoms with Crippen molar-refractivity contribution in [2.75, 3.05) is 13.7 Å². The summed E-state index contributed by atoms with van der Waals surface area (Å²) >= 11 is 5.72. The summed E-state index contributed by atoms with van der Waals surface area (Å²) in [5.41, 5.74) is 0.834. The van der Waals surface area contributed by atoms with Crippen molar-refractivity contribution < 1.29 is 19.4 Å². The number of hydrogen-bond donors (Lipinski definition) is 2. The smallest absolute Gasteiger partial charge is 0.330 e. The average molecular weight is 273 g/mol. The number of methoxy groups -OCH3 is 1. The zero-order valence-electron chi connectivity index (χ0n) is 9.94. The fourth-order valence-electron chi connectivity index (χ4n) is 1.32. The van der Waals surface area contributed by atoms with Crippen LogP contribution in [0.5, 0.6) is 0 Å². The molecule has 6 nitrogen and oxygen atoms in total. The van der Waals surface area contributed by atoms with Crippen molar-refractivity contribution in [3.05, 3.63) is 28.5 Å². The minimum absolute atomic E-state index is 0.179. The van der Waals surface area contributed by atoms with Crippen molar-refractivity contribution >= 4 is 23.5 Å². The number of nitrogens with one attached hydrogen (secondary N) is 1. The second kappa shape index (κ2) is 6.32. The standard InChI is InChI=1S/C11H13ClN2O4/c1-6-3-7(4-9(12)13-6)10(16)14-8(5-15)11(17)18-2/h3-4,8,15H,5H2,1-2H3,(H,14,16)/t8-/m0/s1. The van der Waals surface area contributed by atoms with Gasteiger partial charge in [0.1, 0.15) is 5.15 Å². The van der Waals surface area contributed by atoms with Gasteiger partial charge < -0.3 is 15.2 Å². The molecule has 1 aromatic rings. The quantitative estimate of drug-likeness (QED) is 0.608. The average Bonchev–Trinajstić information content (AvgIpc) is 2.33. The van der Waals surface area contributed by atoms with E-state index in [4.69, 9.17) is 16.7 Å². The van der Waals surface area contributed by atoms with Gasteiger partial charge in [0.05, 0.1) is 13.7 Å². The Morgan fingerprint density at radius 3 is 2.72 bits per heavy atom. The lowest BCUT2D eigenvalue weighted by Crippen LogP contribution is -2.44. The molecule has 2 N–H and O–H groups in total. The Morgan fingerprint density at radius 2 is 2.22 bits per heavy atom. The number of aliphatic hydroxyl groups excluding tert-OH is 1. The van der Waals surface area contributed by atoms with E-state index in [-0.39, 0.29) is 10.7 Å². The number of nitrogens with zero attached hydrogens (tertiary/aromatic N) is 1. The summed E-state index contributed by atoms with van der Waals surface area (Å²) < 4.78 is 4.44. The van der Waals surface area contributed by atoms with E-state index >= 15 is 0 Å². The Balaban J connectivity index is 2.84. The van der Waals surface area contributed by atoms with E-state index in [1.807, 2.05) is 0 Å². The molecule has 0 aliphatic carbocycles. The van der Waals surface area contributed by atoms with Gasteiger partial charge in [0, 0.05) is 11.3 Å². The van der Waals surface area contributed by atoms with Crippen LogP contribution < -0.4 is 5.32 Å². The highest BCUT2D eigenvalue weighted by Gasteiger charge is 2.21. The summed E-state index contributed by atoms with van der Waals surface area (Å²) in [6.07, 6.45) is 0. The van der Waals surface area contributed by atoms with Gasteiger partial charge in [0.25, 0.3) is 5.91 Å². The minimum atomic E-state index is -1.10. The molecular formula is C11H13ClN2O4. The third kappa shape index (κ3) is 3.68. The predicted molar refractivity (Wildman–Crippen MR) is 64.3 cm³/mol. The number of ether oxygens (including phenoxy) is 1. The highest BCUT2D eigenvalue weighted by molar-refractivity contribution is 6.29. The van der Waals surface area contributed by atoms with Crippen LogP contribution in [0.3, 0.4) is 0 Å². The summed E-state index contributed by atoms with van der Waals surface area (Å²) in [7, 11) is 1.17. The van der Waals surface area contributed by atoms with Gasteiger partial charge >= 0.3 is 5.97 Å². The first-order chi connectivity index (χ1) is 8.47. The second-order valence-corrected chi connectivity index (χ2v) is 3.94. The van der Waals surface area contributed by atoms with Gasteiger partial charge in [-0.3, -0.25) is 4.79 Å². The number of aromatic nitrogens is 1. The Bertz CT molecular complexity index is 444. The number of carbonyl (C=O) groups is 2. The van der Waals surface area contributed by atoms with E-state index in [1.54, 1.807) is 6.92 Å². The summed E-state index contributed by atoms with van der Waals surface area (Å²) in [5, 5.41) is 11.5. The van der Waals surface area contributed by atoms with Gasteiger partial charge in [0.2, 0.25) is 0 Å². The first-order valence-electron chi connectivity index (χ1n) is 5.11. The van der Waals surface area contributed by atoms with Crippen molar-refractivity contribution in [2.24, 2.45) is 0 Å². The van der Waals surface area contributed by atoms with Crippen LogP contribution in [0.25, 0.3) is 0 Å². The number of pyridine rings is 1. The molecule has 0 saturated heterocycles. The maximum Gasteiger partial charge on any atom is 0.330 e. The highest BCUT2D eigenvalue weighted by atomic mass is 35.5. The first-order valence-corrected chi connectivity index (χ1v) is 5.49. The van der Waals surface area contributed by atoms with Crippen LogP contribution in [0.15, 0.2) is 12.1 Å². The summed E-state index contributed by atoms with van der Waals surface area (Å²) in [6, 6.07) is 1.79. The van der Waals surface area contributed by atoms with E-state index in [9.17, 15) is 9.59 Å². The molecule has 1 heterocycles. The lowest BCUT2D eigenvalue weighted by Gasteiger charge is -2.14. The van der Waals surface area contributed by atoms with Crippen LogP contribution in [0.2, 0.25) is 5.15 Å². The molecule has 1 atom stereocenters. The molecule has 7 heteroatoms. The monoisotopic (exact) mass is 272 g/mol. The summed E-state index contributed by atoms with van der Waals surface area (Å²) in [5.74, 6) is -1.26. The van der Waals surface area contributed by atoms with E-state index in [2.05, 4.69) is 15.0 Å². The van der Waals surface area contributed by atoms with Gasteiger partial charge in [0.15, 0.2) is 6.04 Å². The lowest BCUT2D eigenvalue weighted by atomic mass is 10.2. The van der Waals surface area contributed by atoms with Crippen molar-refractivity contribution in [3.8, 4) is 0 Å². The molecule has 0 saturated carbocycles. The van der Waals surface area contributed by atoms with Crippen LogP contribution >= 0.6 is 11.6 Å². The Morgan fingerprint density at radius 1 is 1.56 bits per heavy atom. The maximum atomic E-state index is 11.8. The zero-order valence-corrected chi connectivity index (χ0v) is 10.7. The zero-order chi connectivity index (χ0) is 13.7. The van der Waals surface area contributed by atoms with Crippen molar-refractivity contribution in [1.29, 1.82) is 0 Å². The number of rotatable bonds is 4. The number of aryl methyl sites for hydroxylation is 1. The molecule has 1 rings (SSSR count). The van der Waals surface area contributed by atoms with Crippen LogP contribution in [0.4, 0.5) is 0 Å². The normalized spacial score (nSPS) is 11.8. The Hall–Kier alpha value is -1.66. The molecule has 0 radical (unpaired) electrons. The molecule has 0 aromatic carbocycles. The summed E-state index contributed by atoms with van der Waals surface area (Å²) in [6.45, 7) is 1.14. The van der Waals surface area contributed by atoms with E-state index < -0.39 is 24.5 Å². The third-order valence-electron chi connectivity index (χ3n) is 2.16. The van der Waals surface area contributed by atoms with Gasteiger partial charge in [-0.15, -0.1) is 0 Å². The van der Waals surface area contributed by atoms with Gasteiger partial charge in [-0.1, -0.05) is 11.6 Å². The second-order valence-electron chi connectivity index (χ2n) is 3.55. The molecule has 0 aliphatic heterocycles. The number of hydrogen-bond acceptors (Lipinski definition) is 5. The number of esters is 1. The van der Waals surface area contributed by atoms with Crippen molar-refractivity contribution in [3.63, 3.8) is 0 Å². The van der Waals surface area contributed by atoms with Gasteiger partial charge in [-0.05, 0) is 19.1 Å². The molecular weight excluding hydrogens is 260 g/mol. The number of amides is 1. The topological polar surface area (TPSA) is 88.5 Å². The number of carbonyl (C=O) groups excluding carboxylic acids is 2. The SMILES string of the molecule is COC(=O)[C@H](CO)NC(=O)c1cc(C)nc(Cl)c1. The van der Waals surface area contributed by atoms with Gasteiger partial charge in [-0.25, -0.2) is 9.78 Å². The molecule has 1 amide bonds. The molecule has 18 heavy (non-hydrogen) atoms. The Kier molecular flexibility index (Phi) is 5.06. The predicted octanol–water partition coefficient (Wildman–Crippen LogP) is 0.307. The summed E-state index contributed by atoms with van der Waals surface area (Å²) in [4.78, 5) is 26.9. The minimum Gasteiger partial charge on any atom is -0.467 e. The fourth-order valence-corrected chi connectivity index (χ4v) is 1.57. The fraction of sp³-hybridized carbons (Fsp3) is 0.364. The van der Waals surface area contributed by atoms with E-state index in [0.717, 1.165) is 0 Å². The largest absolute Gasteiger partial charge is 0.467 e. The highest BCUT2D eigenvalue weighted by Crippen LogP contribution is 2.10. The number of aliphatic hydroxyl groups is 1. The maximum absolute atomic E-state index is 11.8. The van der Waals surface area contributed by atoms with E-state index in [0.29, 0.717) is 5.69 Å². The van der Waals surface area contributed by atoms with E-state index in [1.165, 1.54) is 19.2 Å². The molecule has 0 unspecified atom stereocenters. The molecule has 0 aliphatic rings. The van der Waals surface area contributed by atoms with Crippen LogP contribution in [-0.2, 0) is 9.53 Å². The molecule has 0 spiro atoms. The lowest BCUT2D eigenvalue weighted by molar-refractivity contribution is -0.143. The number of halogens is 1. The molecule has 0 fully saturated rings.